The molecule has 0 saturated carbocycles. The fourth-order valence-corrected chi connectivity index (χ4v) is 3.61. The molecule has 2 nitrogen and oxygen atoms in total. The Kier molecular flexibility index (Phi) is 4.86. The first-order valence-corrected chi connectivity index (χ1v) is 8.46. The van der Waals surface area contributed by atoms with E-state index in [1.54, 1.807) is 24.3 Å². The molecule has 0 saturated heterocycles. The van der Waals surface area contributed by atoms with Crippen LogP contribution in [0.1, 0.15) is 15.4 Å². The maximum atomic E-state index is 13.4. The summed E-state index contributed by atoms with van der Waals surface area (Å²) in [4.78, 5) is 16.4. The number of hydrogen-bond donors (Lipinski definition) is 0. The third-order valence-electron chi connectivity index (χ3n) is 3.26. The summed E-state index contributed by atoms with van der Waals surface area (Å²) in [5, 5.41) is 0.0752. The molecule has 0 unspecified atom stereocenters. The van der Waals surface area contributed by atoms with Crippen molar-refractivity contribution in [1.29, 1.82) is 0 Å². The number of carbonyl (C=O) groups excluding carboxylic acids is 1. The summed E-state index contributed by atoms with van der Waals surface area (Å²) >= 11 is 12.6. The fourth-order valence-electron chi connectivity index (χ4n) is 2.21. The quantitative estimate of drug-likeness (QED) is 0.373. The number of benzene rings is 2. The second kappa shape index (κ2) is 6.78. The van der Waals surface area contributed by atoms with Crippen molar-refractivity contribution in [3.8, 4) is 0 Å². The van der Waals surface area contributed by atoms with Crippen molar-refractivity contribution < 1.29 is 18.0 Å². The van der Waals surface area contributed by atoms with Gasteiger partial charge in [0, 0.05) is 16.1 Å². The highest BCUT2D eigenvalue weighted by Crippen LogP contribution is 2.36. The van der Waals surface area contributed by atoms with Crippen LogP contribution in [0.5, 0.6) is 0 Å². The SMILES string of the molecule is O=C(C=C(c1cc(Cl)cc(Cl)c1)C(F)(F)F)c1nc2ccccc2s1. The van der Waals surface area contributed by atoms with E-state index in [9.17, 15) is 18.0 Å². The maximum Gasteiger partial charge on any atom is 0.417 e. The zero-order valence-corrected chi connectivity index (χ0v) is 14.6. The molecule has 0 N–H and O–H groups in total. The Morgan fingerprint density at radius 3 is 2.32 bits per heavy atom. The molecule has 0 aliphatic carbocycles. The molecule has 0 aliphatic rings. The van der Waals surface area contributed by atoms with Gasteiger partial charge in [-0.25, -0.2) is 4.98 Å². The van der Waals surface area contributed by atoms with E-state index < -0.39 is 17.5 Å². The van der Waals surface area contributed by atoms with Gasteiger partial charge in [-0.2, -0.15) is 13.2 Å². The number of para-hydroxylation sites is 1. The standard InChI is InChI=1S/C17H8Cl2F3NOS/c18-10-5-9(6-11(19)7-10)12(17(20,21)22)8-14(24)16-23-13-3-1-2-4-15(13)25-16/h1-8H. The Labute approximate surface area is 154 Å². The van der Waals surface area contributed by atoms with Gasteiger partial charge in [0.2, 0.25) is 5.78 Å². The number of nitrogens with zero attached hydrogens (tertiary/aromatic N) is 1. The molecule has 3 aromatic rings. The topological polar surface area (TPSA) is 30.0 Å². The molecule has 0 amide bonds. The lowest BCUT2D eigenvalue weighted by atomic mass is 10.0. The molecule has 3 rings (SSSR count). The average Bonchev–Trinajstić information content (AvgIpc) is 2.94. The highest BCUT2D eigenvalue weighted by atomic mass is 35.5. The number of thiazole rings is 1. The highest BCUT2D eigenvalue weighted by molar-refractivity contribution is 7.20. The number of allylic oxidation sites excluding steroid dienone is 2. The fraction of sp³-hybridized carbons (Fsp3) is 0.0588. The largest absolute Gasteiger partial charge is 0.417 e. The molecule has 1 aromatic heterocycles. The van der Waals surface area contributed by atoms with Gasteiger partial charge < -0.3 is 0 Å². The molecule has 0 spiro atoms. The van der Waals surface area contributed by atoms with Crippen molar-refractivity contribution in [2.24, 2.45) is 0 Å². The summed E-state index contributed by atoms with van der Waals surface area (Å²) in [7, 11) is 0. The van der Waals surface area contributed by atoms with Gasteiger partial charge in [0.25, 0.3) is 0 Å². The van der Waals surface area contributed by atoms with Crippen LogP contribution in [-0.2, 0) is 0 Å². The lowest BCUT2D eigenvalue weighted by Crippen LogP contribution is -2.13. The molecule has 25 heavy (non-hydrogen) atoms. The summed E-state index contributed by atoms with van der Waals surface area (Å²) in [6, 6.07) is 10.5. The third kappa shape index (κ3) is 4.03. The summed E-state index contributed by atoms with van der Waals surface area (Å²) in [6.07, 6.45) is -4.22. The van der Waals surface area contributed by atoms with Crippen LogP contribution in [-0.4, -0.2) is 16.9 Å². The van der Waals surface area contributed by atoms with Crippen LogP contribution in [0.15, 0.2) is 48.5 Å². The summed E-state index contributed by atoms with van der Waals surface area (Å²) in [5.41, 5.74) is -0.843. The molecular formula is C17H8Cl2F3NOS. The number of fused-ring (bicyclic) bond motifs is 1. The van der Waals surface area contributed by atoms with Crippen molar-refractivity contribution in [3.63, 3.8) is 0 Å². The first kappa shape index (κ1) is 17.9. The van der Waals surface area contributed by atoms with Crippen LogP contribution in [0.2, 0.25) is 10.0 Å². The van der Waals surface area contributed by atoms with Gasteiger partial charge in [0.15, 0.2) is 5.01 Å². The predicted octanol–water partition coefficient (Wildman–Crippen LogP) is 6.43. The Balaban J connectivity index is 2.07. The Hall–Kier alpha value is -1.89. The number of alkyl halides is 3. The molecule has 0 fully saturated rings. The van der Waals surface area contributed by atoms with Crippen molar-refractivity contribution in [1.82, 2.24) is 4.98 Å². The summed E-state index contributed by atoms with van der Waals surface area (Å²) < 4.78 is 41.0. The van der Waals surface area contributed by atoms with Crippen LogP contribution in [0.3, 0.4) is 0 Å². The van der Waals surface area contributed by atoms with E-state index in [2.05, 4.69) is 4.98 Å². The van der Waals surface area contributed by atoms with Gasteiger partial charge in [0.1, 0.15) is 0 Å². The zero-order chi connectivity index (χ0) is 18.2. The van der Waals surface area contributed by atoms with E-state index in [1.807, 2.05) is 0 Å². The zero-order valence-electron chi connectivity index (χ0n) is 12.3. The number of ketones is 1. The Morgan fingerprint density at radius 1 is 1.08 bits per heavy atom. The van der Waals surface area contributed by atoms with Gasteiger partial charge >= 0.3 is 6.18 Å². The molecule has 8 heteroatoms. The van der Waals surface area contributed by atoms with Gasteiger partial charge in [-0.3, -0.25) is 4.79 Å². The van der Waals surface area contributed by atoms with E-state index in [1.165, 1.54) is 6.07 Å². The lowest BCUT2D eigenvalue weighted by Gasteiger charge is -2.12. The molecule has 0 aliphatic heterocycles. The number of carbonyl (C=O) groups is 1. The van der Waals surface area contributed by atoms with E-state index in [0.29, 0.717) is 11.6 Å². The van der Waals surface area contributed by atoms with E-state index in [-0.39, 0.29) is 20.6 Å². The van der Waals surface area contributed by atoms with Gasteiger partial charge in [-0.05, 0) is 35.9 Å². The number of halogens is 5. The number of hydrogen-bond acceptors (Lipinski definition) is 3. The first-order valence-electron chi connectivity index (χ1n) is 6.89. The molecule has 128 valence electrons. The Bertz CT molecular complexity index is 942. The lowest BCUT2D eigenvalue weighted by molar-refractivity contribution is -0.0689. The minimum Gasteiger partial charge on any atom is -0.287 e. The van der Waals surface area contributed by atoms with Gasteiger partial charge in [-0.1, -0.05) is 35.3 Å². The van der Waals surface area contributed by atoms with Crippen LogP contribution < -0.4 is 0 Å². The van der Waals surface area contributed by atoms with E-state index in [4.69, 9.17) is 23.2 Å². The molecule has 1 heterocycles. The van der Waals surface area contributed by atoms with Crippen molar-refractivity contribution >= 4 is 56.1 Å². The number of aromatic nitrogens is 1. The minimum atomic E-state index is -4.75. The molecular weight excluding hydrogens is 394 g/mol. The molecule has 0 radical (unpaired) electrons. The summed E-state index contributed by atoms with van der Waals surface area (Å²) in [5.74, 6) is -0.829. The minimum absolute atomic E-state index is 0.0175. The summed E-state index contributed by atoms with van der Waals surface area (Å²) in [6.45, 7) is 0. The van der Waals surface area contributed by atoms with Crippen LogP contribution in [0.4, 0.5) is 13.2 Å². The second-order valence-corrected chi connectivity index (χ2v) is 6.97. The molecule has 2 aromatic carbocycles. The van der Waals surface area contributed by atoms with Crippen LogP contribution in [0, 0.1) is 0 Å². The number of rotatable bonds is 3. The average molecular weight is 402 g/mol. The normalized spacial score (nSPS) is 12.6. The van der Waals surface area contributed by atoms with Crippen LogP contribution >= 0.6 is 34.5 Å². The molecule has 0 bridgehead atoms. The van der Waals surface area contributed by atoms with E-state index >= 15 is 0 Å². The van der Waals surface area contributed by atoms with E-state index in [0.717, 1.165) is 28.2 Å². The van der Waals surface area contributed by atoms with Crippen molar-refractivity contribution in [2.75, 3.05) is 0 Å². The van der Waals surface area contributed by atoms with Gasteiger partial charge in [-0.15, -0.1) is 11.3 Å². The Morgan fingerprint density at radius 2 is 1.72 bits per heavy atom. The van der Waals surface area contributed by atoms with Crippen molar-refractivity contribution in [2.45, 2.75) is 6.18 Å². The third-order valence-corrected chi connectivity index (χ3v) is 4.75. The van der Waals surface area contributed by atoms with Crippen LogP contribution in [0.25, 0.3) is 15.8 Å². The monoisotopic (exact) mass is 401 g/mol. The van der Waals surface area contributed by atoms with Gasteiger partial charge in [0.05, 0.1) is 15.8 Å². The predicted molar refractivity (Wildman–Crippen MR) is 94.4 cm³/mol. The maximum absolute atomic E-state index is 13.4. The van der Waals surface area contributed by atoms with Crippen molar-refractivity contribution in [3.05, 3.63) is 69.2 Å². The molecule has 0 atom stereocenters. The smallest absolute Gasteiger partial charge is 0.287 e. The second-order valence-electron chi connectivity index (χ2n) is 5.06. The first-order chi connectivity index (χ1) is 11.7. The highest BCUT2D eigenvalue weighted by Gasteiger charge is 2.36.